The second kappa shape index (κ2) is 6.28. The Labute approximate surface area is 162 Å². The summed E-state index contributed by atoms with van der Waals surface area (Å²) in [4.78, 5) is 28.7. The normalized spacial score (nSPS) is 11.2. The number of aromatic amines is 1. The Balaban J connectivity index is 2.18. The maximum atomic E-state index is 13.1. The summed E-state index contributed by atoms with van der Waals surface area (Å²) in [5.74, 6) is -0.650. The van der Waals surface area contributed by atoms with Gasteiger partial charge in [-0.05, 0) is 53.8 Å². The summed E-state index contributed by atoms with van der Waals surface area (Å²) in [7, 11) is 1.28. The minimum absolute atomic E-state index is 0.0116. The van der Waals surface area contributed by atoms with E-state index >= 15 is 0 Å². The molecule has 0 unspecified atom stereocenters. The lowest BCUT2D eigenvalue weighted by Crippen LogP contribution is -2.26. The summed E-state index contributed by atoms with van der Waals surface area (Å²) in [5.41, 5.74) is 2.78. The monoisotopic (exact) mass is 458 g/mol. The zero-order valence-electron chi connectivity index (χ0n) is 14.2. The highest BCUT2D eigenvalue weighted by Crippen LogP contribution is 2.30. The molecular weight excluding hydrogens is 443 g/mol. The minimum Gasteiger partial charge on any atom is -0.465 e. The van der Waals surface area contributed by atoms with Gasteiger partial charge in [0.2, 0.25) is 0 Å². The van der Waals surface area contributed by atoms with Gasteiger partial charge in [-0.25, -0.2) is 4.79 Å². The quantitative estimate of drug-likeness (QED) is 0.362. The Kier molecular flexibility index (Phi) is 4.07. The van der Waals surface area contributed by atoms with Crippen LogP contribution in [0.1, 0.15) is 15.9 Å². The molecule has 2 aromatic heterocycles. The van der Waals surface area contributed by atoms with E-state index in [1.54, 1.807) is 6.20 Å². The molecule has 0 aliphatic heterocycles. The number of halogens is 1. The first-order chi connectivity index (χ1) is 12.5. The van der Waals surface area contributed by atoms with Gasteiger partial charge < -0.3 is 9.72 Å². The fourth-order valence-electron chi connectivity index (χ4n) is 3.16. The van der Waals surface area contributed by atoms with Crippen LogP contribution in [0.3, 0.4) is 0 Å². The molecule has 0 saturated carbocycles. The van der Waals surface area contributed by atoms with Gasteiger partial charge in [-0.3, -0.25) is 9.36 Å². The van der Waals surface area contributed by atoms with Crippen LogP contribution in [0.5, 0.6) is 0 Å². The number of carbonyl (C=O) groups excluding carboxylic acids is 1. The molecule has 0 spiro atoms. The first-order valence-corrected chi connectivity index (χ1v) is 9.10. The van der Waals surface area contributed by atoms with Gasteiger partial charge in [0.1, 0.15) is 5.56 Å². The molecule has 0 atom stereocenters. The number of esters is 1. The standard InChI is InChI=1S/C20H15IN2O3/c1-11-6-8-12(9-7-11)23-10-13-16-14(21)4-3-5-15(16)22-18(13)17(19(23)24)20(25)26-2/h3-10,22H,1-2H3. The zero-order chi connectivity index (χ0) is 18.4. The Bertz CT molecular complexity index is 1220. The number of hydrogen-bond acceptors (Lipinski definition) is 3. The van der Waals surface area contributed by atoms with Crippen molar-refractivity contribution < 1.29 is 9.53 Å². The largest absolute Gasteiger partial charge is 0.465 e. The van der Waals surface area contributed by atoms with Crippen LogP contribution in [-0.4, -0.2) is 22.6 Å². The number of rotatable bonds is 2. The number of benzene rings is 2. The molecule has 4 aromatic rings. The summed E-state index contributed by atoms with van der Waals surface area (Å²) >= 11 is 2.26. The number of carbonyl (C=O) groups is 1. The number of aromatic nitrogens is 2. The third-order valence-corrected chi connectivity index (χ3v) is 5.35. The SMILES string of the molecule is COC(=O)c1c(=O)n(-c2ccc(C)cc2)cc2c1[nH]c1cccc(I)c12. The van der Waals surface area contributed by atoms with Crippen molar-refractivity contribution in [3.05, 3.63) is 73.7 Å². The Hall–Kier alpha value is -2.61. The van der Waals surface area contributed by atoms with Gasteiger partial charge in [0.25, 0.3) is 5.56 Å². The van der Waals surface area contributed by atoms with Gasteiger partial charge in [0.15, 0.2) is 0 Å². The molecule has 0 radical (unpaired) electrons. The highest BCUT2D eigenvalue weighted by atomic mass is 127. The van der Waals surface area contributed by atoms with E-state index in [4.69, 9.17) is 4.74 Å². The second-order valence-corrected chi connectivity index (χ2v) is 7.24. The van der Waals surface area contributed by atoms with Crippen LogP contribution >= 0.6 is 22.6 Å². The van der Waals surface area contributed by atoms with Crippen molar-refractivity contribution in [2.75, 3.05) is 7.11 Å². The van der Waals surface area contributed by atoms with Gasteiger partial charge in [0, 0.05) is 31.7 Å². The van der Waals surface area contributed by atoms with Crippen molar-refractivity contribution in [3.8, 4) is 5.69 Å². The van der Waals surface area contributed by atoms with Gasteiger partial charge in [-0.1, -0.05) is 23.8 Å². The lowest BCUT2D eigenvalue weighted by atomic mass is 10.1. The van der Waals surface area contributed by atoms with Gasteiger partial charge >= 0.3 is 5.97 Å². The molecule has 2 heterocycles. The molecule has 4 rings (SSSR count). The number of hydrogen-bond donors (Lipinski definition) is 1. The molecule has 5 nitrogen and oxygen atoms in total. The Morgan fingerprint density at radius 1 is 1.15 bits per heavy atom. The minimum atomic E-state index is -0.650. The van der Waals surface area contributed by atoms with Gasteiger partial charge in [-0.15, -0.1) is 0 Å². The number of pyridine rings is 1. The van der Waals surface area contributed by atoms with Crippen molar-refractivity contribution in [2.24, 2.45) is 0 Å². The number of H-pyrrole nitrogens is 1. The average molecular weight is 458 g/mol. The molecule has 0 aliphatic carbocycles. The topological polar surface area (TPSA) is 64.1 Å². The number of fused-ring (bicyclic) bond motifs is 3. The fourth-order valence-corrected chi connectivity index (χ4v) is 3.95. The lowest BCUT2D eigenvalue weighted by Gasteiger charge is -2.10. The van der Waals surface area contributed by atoms with Crippen LogP contribution in [-0.2, 0) is 4.74 Å². The highest BCUT2D eigenvalue weighted by molar-refractivity contribution is 14.1. The smallest absolute Gasteiger partial charge is 0.345 e. The molecule has 0 fully saturated rings. The fraction of sp³-hybridized carbons (Fsp3) is 0.100. The van der Waals surface area contributed by atoms with E-state index in [0.717, 1.165) is 25.4 Å². The van der Waals surface area contributed by atoms with Crippen LogP contribution in [0.2, 0.25) is 0 Å². The van der Waals surface area contributed by atoms with Crippen molar-refractivity contribution >= 4 is 50.4 Å². The number of nitrogens with zero attached hydrogens (tertiary/aromatic N) is 1. The van der Waals surface area contributed by atoms with Crippen LogP contribution in [0.4, 0.5) is 0 Å². The first kappa shape index (κ1) is 16.8. The molecule has 2 aromatic carbocycles. The summed E-state index contributed by atoms with van der Waals surface area (Å²) in [6.45, 7) is 1.98. The molecule has 1 N–H and O–H groups in total. The van der Waals surface area contributed by atoms with Crippen LogP contribution in [0.15, 0.2) is 53.5 Å². The zero-order valence-corrected chi connectivity index (χ0v) is 16.3. The number of nitrogens with one attached hydrogen (secondary N) is 1. The Morgan fingerprint density at radius 2 is 1.88 bits per heavy atom. The van der Waals surface area contributed by atoms with E-state index in [2.05, 4.69) is 27.6 Å². The molecule has 0 saturated heterocycles. The maximum Gasteiger partial charge on any atom is 0.345 e. The predicted molar refractivity (Wildman–Crippen MR) is 110 cm³/mol. The van der Waals surface area contributed by atoms with Crippen molar-refractivity contribution in [1.29, 1.82) is 0 Å². The number of aryl methyl sites for hydroxylation is 1. The highest BCUT2D eigenvalue weighted by Gasteiger charge is 2.22. The summed E-state index contributed by atoms with van der Waals surface area (Å²) in [5, 5.41) is 1.79. The van der Waals surface area contributed by atoms with E-state index in [9.17, 15) is 9.59 Å². The lowest BCUT2D eigenvalue weighted by molar-refractivity contribution is 0.0600. The first-order valence-electron chi connectivity index (χ1n) is 8.02. The summed E-state index contributed by atoms with van der Waals surface area (Å²) in [6.07, 6.45) is 1.79. The summed E-state index contributed by atoms with van der Waals surface area (Å²) in [6, 6.07) is 13.5. The number of methoxy groups -OCH3 is 1. The molecule has 6 heteroatoms. The van der Waals surface area contributed by atoms with Crippen LogP contribution < -0.4 is 5.56 Å². The average Bonchev–Trinajstić information content (AvgIpc) is 3.00. The van der Waals surface area contributed by atoms with Gasteiger partial charge in [0.05, 0.1) is 12.6 Å². The van der Waals surface area contributed by atoms with Gasteiger partial charge in [-0.2, -0.15) is 0 Å². The van der Waals surface area contributed by atoms with E-state index in [1.165, 1.54) is 11.7 Å². The Morgan fingerprint density at radius 3 is 2.58 bits per heavy atom. The second-order valence-electron chi connectivity index (χ2n) is 6.08. The van der Waals surface area contributed by atoms with E-state index < -0.39 is 11.5 Å². The van der Waals surface area contributed by atoms with Crippen molar-refractivity contribution in [2.45, 2.75) is 6.92 Å². The van der Waals surface area contributed by atoms with Crippen LogP contribution in [0, 0.1) is 10.5 Å². The van der Waals surface area contributed by atoms with Crippen molar-refractivity contribution in [3.63, 3.8) is 0 Å². The molecule has 0 amide bonds. The van der Waals surface area contributed by atoms with Crippen LogP contribution in [0.25, 0.3) is 27.5 Å². The maximum absolute atomic E-state index is 13.1. The third-order valence-electron chi connectivity index (χ3n) is 4.45. The van der Waals surface area contributed by atoms with E-state index in [1.807, 2.05) is 49.4 Å². The predicted octanol–water partition coefficient (Wildman–Crippen LogP) is 4.17. The number of ether oxygens (including phenoxy) is 1. The van der Waals surface area contributed by atoms with E-state index in [0.29, 0.717) is 11.2 Å². The molecule has 0 bridgehead atoms. The summed E-state index contributed by atoms with van der Waals surface area (Å²) < 4.78 is 7.43. The molecule has 26 heavy (non-hydrogen) atoms. The van der Waals surface area contributed by atoms with Crippen molar-refractivity contribution in [1.82, 2.24) is 9.55 Å². The molecular formula is C20H15IN2O3. The molecule has 130 valence electrons. The van der Waals surface area contributed by atoms with E-state index in [-0.39, 0.29) is 5.56 Å². The third kappa shape index (κ3) is 2.52. The molecule has 0 aliphatic rings.